The van der Waals surface area contributed by atoms with Crippen LogP contribution in [0, 0.1) is 5.92 Å². The van der Waals surface area contributed by atoms with Crippen molar-refractivity contribution in [3.8, 4) is 11.5 Å². The van der Waals surface area contributed by atoms with Crippen molar-refractivity contribution in [3.05, 3.63) is 60.7 Å². The zero-order valence-electron chi connectivity index (χ0n) is 16.4. The van der Waals surface area contributed by atoms with Crippen LogP contribution in [0.5, 0.6) is 11.5 Å². The van der Waals surface area contributed by atoms with Crippen LogP contribution in [0.25, 0.3) is 0 Å². The Kier molecular flexibility index (Phi) is 12.2. The molecule has 2 rings (SSSR count). The van der Waals surface area contributed by atoms with Gasteiger partial charge in [0.1, 0.15) is 0 Å². The summed E-state index contributed by atoms with van der Waals surface area (Å²) in [6.45, 7) is 4.36. The fraction of sp³-hybridized carbons (Fsp3) is 0.400. The molecule has 2 aromatic rings. The molecule has 0 saturated heterocycles. The van der Waals surface area contributed by atoms with Crippen LogP contribution < -0.4 is 9.05 Å². The monoisotopic (exact) mass is 430 g/mol. The van der Waals surface area contributed by atoms with E-state index in [1.54, 1.807) is 0 Å². The zero-order chi connectivity index (χ0) is 20.8. The molecule has 0 aliphatic heterocycles. The number of hydrogen-bond donors (Lipinski definition) is 4. The first-order valence-corrected chi connectivity index (χ1v) is 12.6. The molecule has 28 heavy (non-hydrogen) atoms. The van der Waals surface area contributed by atoms with Gasteiger partial charge in [-0.05, 0) is 0 Å². The third kappa shape index (κ3) is 10.9. The topological polar surface area (TPSA) is 99.4 Å². The third-order valence-electron chi connectivity index (χ3n) is 4.13. The van der Waals surface area contributed by atoms with Gasteiger partial charge in [0.15, 0.2) is 0 Å². The Hall–Kier alpha value is -1.26. The summed E-state index contributed by atoms with van der Waals surface area (Å²) in [7, 11) is -5.99. The molecule has 1 atom stereocenters. The Labute approximate surface area is 169 Å². The van der Waals surface area contributed by atoms with Gasteiger partial charge in [-0.15, -0.1) is 0 Å². The van der Waals surface area contributed by atoms with E-state index in [9.17, 15) is 4.89 Å². The number of hydrogen-bond acceptors (Lipinski definition) is 6. The zero-order valence-corrected chi connectivity index (χ0v) is 18.3. The summed E-state index contributed by atoms with van der Waals surface area (Å²) in [5.41, 5.74) is 0. The predicted octanol–water partition coefficient (Wildman–Crippen LogP) is 5.04. The molecule has 0 radical (unpaired) electrons. The van der Waals surface area contributed by atoms with Crippen molar-refractivity contribution in [1.82, 2.24) is 0 Å². The average molecular weight is 430 g/mol. The largest absolute Gasteiger partial charge is 0.328 e. The van der Waals surface area contributed by atoms with Gasteiger partial charge in [-0.1, -0.05) is 0 Å². The normalized spacial score (nSPS) is 12.7. The summed E-state index contributed by atoms with van der Waals surface area (Å²) in [4.78, 5) is 32.9. The molecule has 1 unspecified atom stereocenters. The van der Waals surface area contributed by atoms with Crippen LogP contribution in [0.3, 0.4) is 0 Å². The molecule has 0 amide bonds. The van der Waals surface area contributed by atoms with Crippen molar-refractivity contribution in [1.29, 1.82) is 0 Å². The number of para-hydroxylation sites is 2. The van der Waals surface area contributed by atoms with Gasteiger partial charge in [-0.2, -0.15) is 0 Å². The minimum Gasteiger partial charge on any atom is -0.328 e. The fourth-order valence-corrected chi connectivity index (χ4v) is 5.20. The Bertz CT molecular complexity index is 583. The van der Waals surface area contributed by atoms with Gasteiger partial charge in [0.05, 0.1) is 0 Å². The van der Waals surface area contributed by atoms with Gasteiger partial charge in [0, 0.05) is 0 Å². The first kappa shape index (κ1) is 24.8. The second-order valence-corrected chi connectivity index (χ2v) is 9.21. The summed E-state index contributed by atoms with van der Waals surface area (Å²) in [6, 6.07) is 18.9. The molecule has 0 spiro atoms. The maximum absolute atomic E-state index is 11.2. The molecule has 4 N–H and O–H groups in total. The fourth-order valence-electron chi connectivity index (χ4n) is 2.76. The molecule has 6 nitrogen and oxygen atoms in total. The molecule has 0 saturated carbocycles. The smallest absolute Gasteiger partial charge is 0.324 e. The number of rotatable bonds is 10. The van der Waals surface area contributed by atoms with Crippen LogP contribution in [0.4, 0.5) is 0 Å². The van der Waals surface area contributed by atoms with Crippen molar-refractivity contribution in [2.45, 2.75) is 39.5 Å². The van der Waals surface area contributed by atoms with Crippen LogP contribution >= 0.6 is 16.5 Å². The Morgan fingerprint density at radius 1 is 0.857 bits per heavy atom. The van der Waals surface area contributed by atoms with Crippen LogP contribution in [-0.4, -0.2) is 25.7 Å². The molecule has 0 heterocycles. The molecule has 0 aromatic heterocycles. The van der Waals surface area contributed by atoms with E-state index in [0.29, 0.717) is 23.6 Å². The molecule has 158 valence electrons. The minimum atomic E-state index is -3.37. The van der Waals surface area contributed by atoms with Gasteiger partial charge in [0.25, 0.3) is 0 Å². The molecule has 0 bridgehead atoms. The Morgan fingerprint density at radius 3 is 1.64 bits per heavy atom. The maximum atomic E-state index is 11.2. The summed E-state index contributed by atoms with van der Waals surface area (Å²) in [5.74, 6) is 1.73. The third-order valence-corrected chi connectivity index (χ3v) is 6.33. The van der Waals surface area contributed by atoms with Gasteiger partial charge >= 0.3 is 154 Å². The van der Waals surface area contributed by atoms with E-state index < -0.39 is 16.5 Å². The molecule has 2 aromatic carbocycles. The molecule has 8 heteroatoms. The van der Waals surface area contributed by atoms with Crippen LogP contribution in [-0.2, 0) is 0 Å². The first-order chi connectivity index (χ1) is 13.4. The van der Waals surface area contributed by atoms with Gasteiger partial charge < -0.3 is 14.7 Å². The van der Waals surface area contributed by atoms with Crippen LogP contribution in [0.1, 0.15) is 39.5 Å². The van der Waals surface area contributed by atoms with Crippen LogP contribution in [0.15, 0.2) is 60.7 Å². The number of benzene rings is 2. The Balaban J connectivity index is 0.000000892. The second kappa shape index (κ2) is 13.8. The number of unbranched alkanes of at least 4 members (excludes halogenated alkanes) is 1. The molecule has 0 aliphatic rings. The first-order valence-electron chi connectivity index (χ1n) is 9.45. The SMILES string of the molecule is CCCCC(CC)C[PH](O)(Oc1ccccc1)Oc1ccccc1.OP(O)O. The van der Waals surface area contributed by atoms with Crippen molar-refractivity contribution >= 4 is 16.5 Å². The van der Waals surface area contributed by atoms with E-state index in [0.717, 1.165) is 19.3 Å². The summed E-state index contributed by atoms with van der Waals surface area (Å²) in [5, 5.41) is 0. The molecular weight excluding hydrogens is 398 g/mol. The summed E-state index contributed by atoms with van der Waals surface area (Å²) in [6.07, 6.45) is 5.02. The average Bonchev–Trinajstić information content (AvgIpc) is 2.66. The standard InChI is InChI=1S/C20H29O3P.H3O3P/c1-3-5-12-18(4-2)17-24(21,22-19-13-8-6-9-14-19)23-20-15-10-7-11-16-20;1-4(2)3/h6-11,13-16,18,21,24H,3-5,12,17H2,1-2H3;1-3H. The molecule has 0 fully saturated rings. The van der Waals surface area contributed by atoms with Crippen molar-refractivity contribution in [2.75, 3.05) is 6.16 Å². The Morgan fingerprint density at radius 2 is 1.29 bits per heavy atom. The van der Waals surface area contributed by atoms with Crippen molar-refractivity contribution < 1.29 is 28.6 Å². The van der Waals surface area contributed by atoms with Gasteiger partial charge in [-0.25, -0.2) is 0 Å². The van der Waals surface area contributed by atoms with E-state index in [1.165, 1.54) is 6.42 Å². The van der Waals surface area contributed by atoms with Crippen molar-refractivity contribution in [3.63, 3.8) is 0 Å². The minimum absolute atomic E-state index is 0.411. The predicted molar refractivity (Wildman–Crippen MR) is 116 cm³/mol. The molecule has 0 aliphatic carbocycles. The van der Waals surface area contributed by atoms with E-state index in [1.807, 2.05) is 60.7 Å². The summed E-state index contributed by atoms with van der Waals surface area (Å²) < 4.78 is 12.0. The van der Waals surface area contributed by atoms with E-state index in [2.05, 4.69) is 13.8 Å². The van der Waals surface area contributed by atoms with Gasteiger partial charge in [-0.3, -0.25) is 0 Å². The van der Waals surface area contributed by atoms with Gasteiger partial charge in [0.2, 0.25) is 0 Å². The molecular formula is C20H32O6P2. The van der Waals surface area contributed by atoms with E-state index >= 15 is 0 Å². The van der Waals surface area contributed by atoms with Crippen LogP contribution in [0.2, 0.25) is 0 Å². The second-order valence-electron chi connectivity index (χ2n) is 6.43. The quantitative estimate of drug-likeness (QED) is 0.394. The summed E-state index contributed by atoms with van der Waals surface area (Å²) >= 11 is 0. The van der Waals surface area contributed by atoms with E-state index in [4.69, 9.17) is 23.7 Å². The van der Waals surface area contributed by atoms with Crippen molar-refractivity contribution in [2.24, 2.45) is 5.92 Å². The maximum Gasteiger partial charge on any atom is 0.324 e. The van der Waals surface area contributed by atoms with E-state index in [-0.39, 0.29) is 0 Å².